The van der Waals surface area contributed by atoms with Gasteiger partial charge in [-0.25, -0.2) is 0 Å². The van der Waals surface area contributed by atoms with Gasteiger partial charge in [-0.2, -0.15) is 0 Å². The molecule has 0 aromatic carbocycles. The average Bonchev–Trinajstić information content (AvgIpc) is 2.14. The molecule has 0 saturated carbocycles. The van der Waals surface area contributed by atoms with Crippen LogP contribution in [0.4, 0.5) is 0 Å². The SMILES string of the molecule is C=CC(CC=C(C)C)C(C)(OC(C)=O)OC(C)=O. The third kappa shape index (κ3) is 5.66. The number of carbonyl (C=O) groups is 2. The van der Waals surface area contributed by atoms with E-state index in [4.69, 9.17) is 9.47 Å². The third-order valence-corrected chi connectivity index (χ3v) is 2.43. The van der Waals surface area contributed by atoms with E-state index >= 15 is 0 Å². The van der Waals surface area contributed by atoms with Crippen LogP contribution in [0, 0.1) is 5.92 Å². The predicted molar refractivity (Wildman–Crippen MR) is 69.7 cm³/mol. The lowest BCUT2D eigenvalue weighted by Crippen LogP contribution is -2.42. The molecule has 0 aromatic rings. The average molecular weight is 254 g/mol. The Balaban J connectivity index is 5.10. The van der Waals surface area contributed by atoms with Crippen LogP contribution in [-0.4, -0.2) is 17.7 Å². The van der Waals surface area contributed by atoms with E-state index in [1.807, 2.05) is 19.9 Å². The second kappa shape index (κ2) is 6.99. The number of ether oxygens (including phenoxy) is 2. The van der Waals surface area contributed by atoms with Crippen molar-refractivity contribution in [3.05, 3.63) is 24.3 Å². The lowest BCUT2D eigenvalue weighted by molar-refractivity contribution is -0.232. The standard InChI is InChI=1S/C14H22O4/c1-7-13(9-8-10(2)3)14(6,17-11(4)15)18-12(5)16/h7-8,13H,1,9H2,2-6H3. The largest absolute Gasteiger partial charge is 0.422 e. The first-order valence-corrected chi connectivity index (χ1v) is 5.86. The minimum Gasteiger partial charge on any atom is -0.422 e. The summed E-state index contributed by atoms with van der Waals surface area (Å²) in [5.74, 6) is -2.60. The molecule has 0 heterocycles. The van der Waals surface area contributed by atoms with Gasteiger partial charge in [-0.1, -0.05) is 17.7 Å². The van der Waals surface area contributed by atoms with Crippen LogP contribution in [-0.2, 0) is 19.1 Å². The molecule has 0 aliphatic heterocycles. The predicted octanol–water partition coefficient (Wildman–Crippen LogP) is 2.99. The van der Waals surface area contributed by atoms with E-state index < -0.39 is 17.7 Å². The van der Waals surface area contributed by atoms with Gasteiger partial charge in [0.1, 0.15) is 0 Å². The van der Waals surface area contributed by atoms with Crippen molar-refractivity contribution in [2.24, 2.45) is 5.92 Å². The van der Waals surface area contributed by atoms with Gasteiger partial charge in [0.15, 0.2) is 0 Å². The summed E-state index contributed by atoms with van der Waals surface area (Å²) in [4.78, 5) is 22.3. The van der Waals surface area contributed by atoms with Crippen LogP contribution in [0.1, 0.15) is 41.0 Å². The Labute approximate surface area is 109 Å². The fraction of sp³-hybridized carbons (Fsp3) is 0.571. The fourth-order valence-corrected chi connectivity index (χ4v) is 1.63. The summed E-state index contributed by atoms with van der Waals surface area (Å²) < 4.78 is 10.3. The molecule has 1 unspecified atom stereocenters. The van der Waals surface area contributed by atoms with Crippen molar-refractivity contribution in [1.82, 2.24) is 0 Å². The zero-order chi connectivity index (χ0) is 14.3. The van der Waals surface area contributed by atoms with Gasteiger partial charge in [0.05, 0.1) is 5.92 Å². The van der Waals surface area contributed by atoms with Gasteiger partial charge in [0, 0.05) is 20.8 Å². The summed E-state index contributed by atoms with van der Waals surface area (Å²) in [5.41, 5.74) is 1.13. The van der Waals surface area contributed by atoms with Gasteiger partial charge in [0.25, 0.3) is 5.79 Å². The lowest BCUT2D eigenvalue weighted by atomic mass is 9.95. The molecular formula is C14H22O4. The smallest absolute Gasteiger partial charge is 0.305 e. The highest BCUT2D eigenvalue weighted by molar-refractivity contribution is 5.68. The van der Waals surface area contributed by atoms with Crippen LogP contribution >= 0.6 is 0 Å². The van der Waals surface area contributed by atoms with Crippen molar-refractivity contribution in [2.75, 3.05) is 0 Å². The van der Waals surface area contributed by atoms with Crippen molar-refractivity contribution in [3.8, 4) is 0 Å². The van der Waals surface area contributed by atoms with Crippen LogP contribution in [0.15, 0.2) is 24.3 Å². The number of allylic oxidation sites excluding steroid dienone is 2. The molecule has 4 heteroatoms. The van der Waals surface area contributed by atoms with E-state index in [0.29, 0.717) is 6.42 Å². The zero-order valence-corrected chi connectivity index (χ0v) is 11.8. The highest BCUT2D eigenvalue weighted by Gasteiger charge is 2.38. The summed E-state index contributed by atoms with van der Waals surface area (Å²) in [6.07, 6.45) is 4.20. The lowest BCUT2D eigenvalue weighted by Gasteiger charge is -2.33. The summed E-state index contributed by atoms with van der Waals surface area (Å²) in [6, 6.07) is 0. The summed E-state index contributed by atoms with van der Waals surface area (Å²) in [5, 5.41) is 0. The highest BCUT2D eigenvalue weighted by atomic mass is 16.7. The Morgan fingerprint density at radius 3 is 1.89 bits per heavy atom. The molecule has 0 saturated heterocycles. The topological polar surface area (TPSA) is 52.6 Å². The molecule has 0 amide bonds. The Morgan fingerprint density at radius 1 is 1.17 bits per heavy atom. The van der Waals surface area contributed by atoms with Gasteiger partial charge in [-0.3, -0.25) is 9.59 Å². The van der Waals surface area contributed by atoms with Crippen LogP contribution in [0.25, 0.3) is 0 Å². The Morgan fingerprint density at radius 2 is 1.61 bits per heavy atom. The molecule has 0 fully saturated rings. The molecule has 0 radical (unpaired) electrons. The summed E-state index contributed by atoms with van der Waals surface area (Å²) >= 11 is 0. The molecule has 4 nitrogen and oxygen atoms in total. The minimum atomic E-state index is -1.31. The maximum atomic E-state index is 11.1. The van der Waals surface area contributed by atoms with Crippen molar-refractivity contribution in [3.63, 3.8) is 0 Å². The molecule has 1 atom stereocenters. The van der Waals surface area contributed by atoms with E-state index in [1.165, 1.54) is 13.8 Å². The normalized spacial score (nSPS) is 12.3. The second-order valence-corrected chi connectivity index (χ2v) is 4.56. The first kappa shape index (κ1) is 16.4. The first-order chi connectivity index (χ1) is 8.21. The highest BCUT2D eigenvalue weighted by Crippen LogP contribution is 2.28. The maximum absolute atomic E-state index is 11.1. The van der Waals surface area contributed by atoms with Crippen molar-refractivity contribution < 1.29 is 19.1 Å². The maximum Gasteiger partial charge on any atom is 0.305 e. The molecule has 0 aliphatic carbocycles. The molecule has 0 N–H and O–H groups in total. The Bertz CT molecular complexity index is 335. The van der Waals surface area contributed by atoms with Crippen LogP contribution < -0.4 is 0 Å². The van der Waals surface area contributed by atoms with Crippen LogP contribution in [0.5, 0.6) is 0 Å². The molecule has 0 aromatic heterocycles. The number of rotatable bonds is 6. The van der Waals surface area contributed by atoms with E-state index in [9.17, 15) is 9.59 Å². The van der Waals surface area contributed by atoms with E-state index in [1.54, 1.807) is 13.0 Å². The fourth-order valence-electron chi connectivity index (χ4n) is 1.63. The number of esters is 2. The quantitative estimate of drug-likeness (QED) is 0.415. The van der Waals surface area contributed by atoms with Gasteiger partial charge in [-0.05, 0) is 20.3 Å². The third-order valence-electron chi connectivity index (χ3n) is 2.43. The van der Waals surface area contributed by atoms with Gasteiger partial charge >= 0.3 is 11.9 Å². The Hall–Kier alpha value is -1.58. The second-order valence-electron chi connectivity index (χ2n) is 4.56. The molecule has 102 valence electrons. The Kier molecular flexibility index (Phi) is 6.37. The zero-order valence-electron chi connectivity index (χ0n) is 11.8. The monoisotopic (exact) mass is 254 g/mol. The van der Waals surface area contributed by atoms with Crippen molar-refractivity contribution >= 4 is 11.9 Å². The first-order valence-electron chi connectivity index (χ1n) is 5.86. The van der Waals surface area contributed by atoms with E-state index in [-0.39, 0.29) is 5.92 Å². The number of hydrogen-bond acceptors (Lipinski definition) is 4. The van der Waals surface area contributed by atoms with Gasteiger partial charge in [-0.15, -0.1) is 6.58 Å². The minimum absolute atomic E-state index is 0.291. The van der Waals surface area contributed by atoms with Crippen molar-refractivity contribution in [1.29, 1.82) is 0 Å². The van der Waals surface area contributed by atoms with Gasteiger partial charge < -0.3 is 9.47 Å². The molecular weight excluding hydrogens is 232 g/mol. The summed E-state index contributed by atoms with van der Waals surface area (Å²) in [6.45, 7) is 11.8. The van der Waals surface area contributed by atoms with Gasteiger partial charge in [0.2, 0.25) is 0 Å². The molecule has 18 heavy (non-hydrogen) atoms. The number of hydrogen-bond donors (Lipinski definition) is 0. The number of carbonyl (C=O) groups excluding carboxylic acids is 2. The van der Waals surface area contributed by atoms with E-state index in [0.717, 1.165) is 5.57 Å². The van der Waals surface area contributed by atoms with Crippen LogP contribution in [0.2, 0.25) is 0 Å². The molecule has 0 aliphatic rings. The molecule has 0 bridgehead atoms. The molecule has 0 rings (SSSR count). The molecule has 0 spiro atoms. The van der Waals surface area contributed by atoms with E-state index in [2.05, 4.69) is 6.58 Å². The summed E-state index contributed by atoms with van der Waals surface area (Å²) in [7, 11) is 0. The van der Waals surface area contributed by atoms with Crippen molar-refractivity contribution in [2.45, 2.75) is 46.8 Å². The van der Waals surface area contributed by atoms with Crippen LogP contribution in [0.3, 0.4) is 0 Å².